The lowest BCUT2D eigenvalue weighted by Gasteiger charge is -2.05. The predicted octanol–water partition coefficient (Wildman–Crippen LogP) is 5.42. The molecule has 0 atom stereocenters. The van der Waals surface area contributed by atoms with Crippen molar-refractivity contribution in [3.05, 3.63) is 99.5 Å². The molecule has 0 N–H and O–H groups in total. The first-order valence-electron chi connectivity index (χ1n) is 8.31. The molecule has 0 spiro atoms. The van der Waals surface area contributed by atoms with Gasteiger partial charge in [0, 0.05) is 10.5 Å². The summed E-state index contributed by atoms with van der Waals surface area (Å²) in [6.07, 6.45) is 1.65. The van der Waals surface area contributed by atoms with Gasteiger partial charge in [-0.3, -0.25) is 4.79 Å². The number of hydrogen-bond acceptors (Lipinski definition) is 4. The summed E-state index contributed by atoms with van der Waals surface area (Å²) in [6.45, 7) is 0. The number of allylic oxidation sites excluding steroid dienone is 1. The zero-order valence-corrected chi connectivity index (χ0v) is 15.9. The largest absolute Gasteiger partial charge is 0.452 e. The highest BCUT2D eigenvalue weighted by Crippen LogP contribution is 2.35. The van der Waals surface area contributed by atoms with E-state index in [1.807, 2.05) is 24.3 Å². The van der Waals surface area contributed by atoms with Crippen molar-refractivity contribution >= 4 is 33.8 Å². The van der Waals surface area contributed by atoms with Gasteiger partial charge in [-0.15, -0.1) is 0 Å². The third-order valence-electron chi connectivity index (χ3n) is 4.10. The summed E-state index contributed by atoms with van der Waals surface area (Å²) in [5.41, 5.74) is 1.43. The number of Topliss-reactive ketones (excluding diaryl/α,β-unsaturated/α-hetero) is 1. The van der Waals surface area contributed by atoms with Crippen LogP contribution in [0.2, 0.25) is 0 Å². The van der Waals surface area contributed by atoms with Crippen LogP contribution in [-0.4, -0.2) is 11.8 Å². The molecule has 0 unspecified atom stereocenters. The van der Waals surface area contributed by atoms with E-state index in [0.717, 1.165) is 10.0 Å². The molecule has 0 fully saturated rings. The molecule has 1 aliphatic rings. The number of fused-ring (bicyclic) bond motifs is 1. The summed E-state index contributed by atoms with van der Waals surface area (Å²) in [7, 11) is 0. The summed E-state index contributed by atoms with van der Waals surface area (Å²) < 4.78 is 24.8. The van der Waals surface area contributed by atoms with E-state index < -0.39 is 11.8 Å². The smallest absolute Gasteiger partial charge is 0.343 e. The molecule has 1 heterocycles. The summed E-state index contributed by atoms with van der Waals surface area (Å²) in [6, 6.07) is 17.0. The molecule has 4 rings (SSSR count). The molecule has 6 heteroatoms. The van der Waals surface area contributed by atoms with Gasteiger partial charge in [0.05, 0.1) is 11.1 Å². The standard InChI is InChI=1S/C22H12BrFO4/c23-15-5-1-13(2-6-15)11-20-21(25)18-10-9-17(12-19(18)28-20)27-22(26)14-3-7-16(24)8-4-14/h1-12H. The molecule has 0 saturated carbocycles. The Morgan fingerprint density at radius 3 is 2.43 bits per heavy atom. The van der Waals surface area contributed by atoms with Crippen LogP contribution in [0.25, 0.3) is 6.08 Å². The van der Waals surface area contributed by atoms with Crippen molar-refractivity contribution in [3.63, 3.8) is 0 Å². The number of carbonyl (C=O) groups excluding carboxylic acids is 2. The second-order valence-corrected chi connectivity index (χ2v) is 6.96. The zero-order chi connectivity index (χ0) is 19.7. The maximum Gasteiger partial charge on any atom is 0.343 e. The third-order valence-corrected chi connectivity index (χ3v) is 4.63. The second kappa shape index (κ2) is 7.40. The quantitative estimate of drug-likeness (QED) is 0.311. The van der Waals surface area contributed by atoms with Crippen molar-refractivity contribution in [1.82, 2.24) is 0 Å². The third kappa shape index (κ3) is 3.73. The molecule has 0 aliphatic carbocycles. The number of ether oxygens (including phenoxy) is 2. The van der Waals surface area contributed by atoms with Gasteiger partial charge in [-0.1, -0.05) is 28.1 Å². The fourth-order valence-electron chi connectivity index (χ4n) is 2.69. The number of hydrogen-bond donors (Lipinski definition) is 0. The summed E-state index contributed by atoms with van der Waals surface area (Å²) in [5, 5.41) is 0. The highest BCUT2D eigenvalue weighted by Gasteiger charge is 2.28. The molecule has 28 heavy (non-hydrogen) atoms. The van der Waals surface area contributed by atoms with Crippen LogP contribution in [0.1, 0.15) is 26.3 Å². The van der Waals surface area contributed by atoms with Gasteiger partial charge in [-0.25, -0.2) is 9.18 Å². The number of halogens is 2. The molecular weight excluding hydrogens is 427 g/mol. The Bertz CT molecular complexity index is 1100. The highest BCUT2D eigenvalue weighted by molar-refractivity contribution is 9.10. The van der Waals surface area contributed by atoms with Crippen LogP contribution in [0.4, 0.5) is 4.39 Å². The average molecular weight is 439 g/mol. The van der Waals surface area contributed by atoms with E-state index in [9.17, 15) is 14.0 Å². The van der Waals surface area contributed by atoms with Crippen molar-refractivity contribution in [2.24, 2.45) is 0 Å². The Balaban J connectivity index is 1.54. The molecular formula is C22H12BrFO4. The maximum atomic E-state index is 13.0. The topological polar surface area (TPSA) is 52.6 Å². The SMILES string of the molecule is O=C(Oc1ccc2c(c1)OC(=Cc1ccc(Br)cc1)C2=O)c1ccc(F)cc1. The van der Waals surface area contributed by atoms with E-state index in [1.54, 1.807) is 12.1 Å². The van der Waals surface area contributed by atoms with Crippen LogP contribution in [0.15, 0.2) is 77.0 Å². The van der Waals surface area contributed by atoms with Gasteiger partial charge < -0.3 is 9.47 Å². The van der Waals surface area contributed by atoms with Crippen molar-refractivity contribution in [2.75, 3.05) is 0 Å². The molecule has 3 aromatic carbocycles. The molecule has 0 amide bonds. The van der Waals surface area contributed by atoms with Gasteiger partial charge in [0.15, 0.2) is 5.76 Å². The summed E-state index contributed by atoms with van der Waals surface area (Å²) in [5.74, 6) is -0.571. The Morgan fingerprint density at radius 1 is 1.00 bits per heavy atom. The number of esters is 1. The summed E-state index contributed by atoms with van der Waals surface area (Å²) >= 11 is 3.36. The van der Waals surface area contributed by atoms with Gasteiger partial charge in [-0.2, -0.15) is 0 Å². The first-order chi connectivity index (χ1) is 13.5. The van der Waals surface area contributed by atoms with Gasteiger partial charge in [0.25, 0.3) is 0 Å². The van der Waals surface area contributed by atoms with Gasteiger partial charge in [0.1, 0.15) is 17.3 Å². The Labute approximate surface area is 168 Å². The van der Waals surface area contributed by atoms with E-state index in [2.05, 4.69) is 15.9 Å². The second-order valence-electron chi connectivity index (χ2n) is 6.05. The minimum atomic E-state index is -0.630. The normalized spacial score (nSPS) is 13.9. The molecule has 4 nitrogen and oxygen atoms in total. The molecule has 138 valence electrons. The number of ketones is 1. The average Bonchev–Trinajstić information content (AvgIpc) is 2.99. The first-order valence-corrected chi connectivity index (χ1v) is 9.10. The molecule has 0 radical (unpaired) electrons. The van der Waals surface area contributed by atoms with Crippen molar-refractivity contribution < 1.29 is 23.5 Å². The summed E-state index contributed by atoms with van der Waals surface area (Å²) in [4.78, 5) is 24.7. The molecule has 1 aliphatic heterocycles. The van der Waals surface area contributed by atoms with Gasteiger partial charge >= 0.3 is 5.97 Å². The Kier molecular flexibility index (Phi) is 4.79. The monoisotopic (exact) mass is 438 g/mol. The van der Waals surface area contributed by atoms with Crippen LogP contribution in [0.3, 0.4) is 0 Å². The Morgan fingerprint density at radius 2 is 1.71 bits per heavy atom. The molecule has 0 bridgehead atoms. The van der Waals surface area contributed by atoms with E-state index in [4.69, 9.17) is 9.47 Å². The number of benzene rings is 3. The number of carbonyl (C=O) groups is 2. The fraction of sp³-hybridized carbons (Fsp3) is 0. The molecule has 3 aromatic rings. The van der Waals surface area contributed by atoms with E-state index in [-0.39, 0.29) is 22.9 Å². The molecule has 0 saturated heterocycles. The van der Waals surface area contributed by atoms with Crippen LogP contribution >= 0.6 is 15.9 Å². The highest BCUT2D eigenvalue weighted by atomic mass is 79.9. The van der Waals surface area contributed by atoms with Gasteiger partial charge in [0.2, 0.25) is 5.78 Å². The van der Waals surface area contributed by atoms with Crippen molar-refractivity contribution in [2.45, 2.75) is 0 Å². The lowest BCUT2D eigenvalue weighted by atomic mass is 10.1. The van der Waals surface area contributed by atoms with Crippen LogP contribution in [0.5, 0.6) is 11.5 Å². The Hall–Kier alpha value is -3.25. The van der Waals surface area contributed by atoms with E-state index >= 15 is 0 Å². The van der Waals surface area contributed by atoms with Crippen molar-refractivity contribution in [1.29, 1.82) is 0 Å². The van der Waals surface area contributed by atoms with Gasteiger partial charge in [-0.05, 0) is 60.2 Å². The zero-order valence-electron chi connectivity index (χ0n) is 14.3. The van der Waals surface area contributed by atoms with E-state index in [0.29, 0.717) is 11.3 Å². The van der Waals surface area contributed by atoms with Crippen LogP contribution < -0.4 is 9.47 Å². The maximum absolute atomic E-state index is 13.0. The van der Waals surface area contributed by atoms with Crippen LogP contribution in [0, 0.1) is 5.82 Å². The fourth-order valence-corrected chi connectivity index (χ4v) is 2.96. The van der Waals surface area contributed by atoms with Crippen LogP contribution in [-0.2, 0) is 0 Å². The lowest BCUT2D eigenvalue weighted by Crippen LogP contribution is -2.08. The lowest BCUT2D eigenvalue weighted by molar-refractivity contribution is 0.0734. The molecule has 0 aromatic heterocycles. The number of rotatable bonds is 3. The van der Waals surface area contributed by atoms with Crippen molar-refractivity contribution in [3.8, 4) is 11.5 Å². The minimum Gasteiger partial charge on any atom is -0.452 e. The first kappa shape index (κ1) is 18.1. The predicted molar refractivity (Wildman–Crippen MR) is 105 cm³/mol. The minimum absolute atomic E-state index is 0.194. The van der Waals surface area contributed by atoms with E-state index in [1.165, 1.54) is 36.4 Å².